The smallest absolute Gasteiger partial charge is 0.240 e. The third kappa shape index (κ3) is 2.61. The molecule has 0 bridgehead atoms. The van der Waals surface area contributed by atoms with Crippen molar-refractivity contribution in [3.8, 4) is 16.9 Å². The Kier molecular flexibility index (Phi) is 3.69. The summed E-state index contributed by atoms with van der Waals surface area (Å²) < 4.78 is 28.2. The Morgan fingerprint density at radius 3 is 2.35 bits per heavy atom. The monoisotopic (exact) mass is 292 g/mol. The van der Waals surface area contributed by atoms with Gasteiger partial charge < -0.3 is 10.5 Å². The predicted molar refractivity (Wildman–Crippen MR) is 79.0 cm³/mol. The lowest BCUT2D eigenvalue weighted by atomic mass is 9.99. The van der Waals surface area contributed by atoms with E-state index in [4.69, 9.17) is 15.6 Å². The third-order valence-electron chi connectivity index (χ3n) is 3.06. The van der Waals surface area contributed by atoms with Crippen molar-refractivity contribution in [1.82, 2.24) is 0 Å². The molecule has 0 aromatic heterocycles. The van der Waals surface area contributed by atoms with Gasteiger partial charge in [0.15, 0.2) is 0 Å². The number of benzene rings is 2. The first kappa shape index (κ1) is 14.4. The molecule has 0 aliphatic carbocycles. The van der Waals surface area contributed by atoms with Crippen LogP contribution in [-0.2, 0) is 10.0 Å². The molecule has 0 saturated carbocycles. The molecule has 2 aromatic rings. The van der Waals surface area contributed by atoms with E-state index in [0.717, 1.165) is 16.7 Å². The third-order valence-corrected chi connectivity index (χ3v) is 4.03. The molecule has 0 spiro atoms. The molecule has 0 heterocycles. The Balaban J connectivity index is 2.69. The number of rotatable bonds is 3. The molecule has 0 unspecified atom stereocenters. The number of sulfonamides is 1. The Morgan fingerprint density at radius 2 is 1.75 bits per heavy atom. The minimum atomic E-state index is -3.83. The molecule has 4 N–H and O–H groups in total. The van der Waals surface area contributed by atoms with E-state index in [9.17, 15) is 8.42 Å². The van der Waals surface area contributed by atoms with Gasteiger partial charge >= 0.3 is 0 Å². The number of hydrogen-bond donors (Lipinski definition) is 2. The summed E-state index contributed by atoms with van der Waals surface area (Å²) in [5.41, 5.74) is 8.35. The minimum Gasteiger partial charge on any atom is -0.496 e. The molecule has 0 aliphatic heterocycles. The van der Waals surface area contributed by atoms with E-state index in [-0.39, 0.29) is 10.6 Å². The molecule has 6 heteroatoms. The first-order valence-electron chi connectivity index (χ1n) is 5.91. The van der Waals surface area contributed by atoms with E-state index in [0.29, 0.717) is 5.75 Å². The second-order valence-corrected chi connectivity index (χ2v) is 5.98. The fourth-order valence-corrected chi connectivity index (χ4v) is 2.83. The van der Waals surface area contributed by atoms with Crippen LogP contribution in [0.3, 0.4) is 0 Å². The van der Waals surface area contributed by atoms with Crippen molar-refractivity contribution in [2.45, 2.75) is 11.8 Å². The largest absolute Gasteiger partial charge is 0.496 e. The summed E-state index contributed by atoms with van der Waals surface area (Å²) in [6, 6.07) is 10.5. The van der Waals surface area contributed by atoms with E-state index in [1.807, 2.05) is 24.3 Å². The Morgan fingerprint density at radius 1 is 1.10 bits per heavy atom. The number of methoxy groups -OCH3 is 1. The molecule has 0 atom stereocenters. The van der Waals surface area contributed by atoms with Crippen LogP contribution in [0.25, 0.3) is 11.1 Å². The quantitative estimate of drug-likeness (QED) is 0.844. The number of hydrogen-bond acceptors (Lipinski definition) is 4. The van der Waals surface area contributed by atoms with Gasteiger partial charge in [-0.2, -0.15) is 0 Å². The van der Waals surface area contributed by atoms with E-state index in [1.54, 1.807) is 20.1 Å². The zero-order valence-electron chi connectivity index (χ0n) is 11.3. The van der Waals surface area contributed by atoms with Crippen molar-refractivity contribution in [3.05, 3.63) is 42.0 Å². The lowest BCUT2D eigenvalue weighted by Gasteiger charge is -2.13. The number of nitrogens with two attached hydrogens (primary N) is 2. The normalized spacial score (nSPS) is 11.3. The van der Waals surface area contributed by atoms with Gasteiger partial charge in [0.25, 0.3) is 0 Å². The first-order valence-corrected chi connectivity index (χ1v) is 7.45. The molecule has 2 rings (SSSR count). The van der Waals surface area contributed by atoms with Gasteiger partial charge in [0, 0.05) is 5.56 Å². The van der Waals surface area contributed by atoms with Crippen LogP contribution in [0.1, 0.15) is 5.56 Å². The van der Waals surface area contributed by atoms with Gasteiger partial charge in [-0.25, -0.2) is 13.6 Å². The molecule has 0 saturated heterocycles. The lowest BCUT2D eigenvalue weighted by Crippen LogP contribution is -2.14. The maximum Gasteiger partial charge on any atom is 0.240 e. The van der Waals surface area contributed by atoms with Crippen molar-refractivity contribution >= 4 is 15.7 Å². The predicted octanol–water partition coefficient (Wildman–Crippen LogP) is 1.90. The summed E-state index contributed by atoms with van der Waals surface area (Å²) in [6.45, 7) is 1.80. The number of anilines is 1. The number of ether oxygens (including phenoxy) is 1. The van der Waals surface area contributed by atoms with Gasteiger partial charge in [0.2, 0.25) is 10.0 Å². The van der Waals surface area contributed by atoms with E-state index >= 15 is 0 Å². The van der Waals surface area contributed by atoms with Crippen molar-refractivity contribution in [3.63, 3.8) is 0 Å². The summed E-state index contributed by atoms with van der Waals surface area (Å²) in [5, 5.41) is 5.14. The number of primary sulfonamides is 1. The Labute approximate surface area is 118 Å². The van der Waals surface area contributed by atoms with Crippen LogP contribution in [0.4, 0.5) is 5.69 Å². The number of aryl methyl sites for hydroxylation is 1. The summed E-state index contributed by atoms with van der Waals surface area (Å²) in [6.07, 6.45) is 0. The summed E-state index contributed by atoms with van der Waals surface area (Å²) in [5.74, 6) is 0.693. The first-order chi connectivity index (χ1) is 9.34. The van der Waals surface area contributed by atoms with Crippen LogP contribution >= 0.6 is 0 Å². The van der Waals surface area contributed by atoms with Crippen LogP contribution in [0.15, 0.2) is 41.3 Å². The molecule has 0 fully saturated rings. The molecule has 20 heavy (non-hydrogen) atoms. The summed E-state index contributed by atoms with van der Waals surface area (Å²) in [7, 11) is -2.25. The lowest BCUT2D eigenvalue weighted by molar-refractivity contribution is 0.416. The van der Waals surface area contributed by atoms with Crippen LogP contribution in [-0.4, -0.2) is 15.5 Å². The second-order valence-electron chi connectivity index (χ2n) is 4.45. The van der Waals surface area contributed by atoms with Gasteiger partial charge in [0.05, 0.1) is 12.8 Å². The number of nitrogen functional groups attached to an aromatic ring is 1. The van der Waals surface area contributed by atoms with Gasteiger partial charge in [-0.1, -0.05) is 18.2 Å². The molecular weight excluding hydrogens is 276 g/mol. The fraction of sp³-hybridized carbons (Fsp3) is 0.143. The maximum absolute atomic E-state index is 11.4. The molecule has 0 amide bonds. The SMILES string of the molecule is COc1ccccc1-c1cc(N)c(S(N)(=O)=O)cc1C. The molecular formula is C14H16N2O3S. The van der Waals surface area contributed by atoms with E-state index in [1.165, 1.54) is 6.07 Å². The zero-order valence-corrected chi connectivity index (χ0v) is 12.1. The van der Waals surface area contributed by atoms with Crippen molar-refractivity contribution < 1.29 is 13.2 Å². The average Bonchev–Trinajstić information content (AvgIpc) is 2.39. The zero-order chi connectivity index (χ0) is 14.9. The van der Waals surface area contributed by atoms with Crippen LogP contribution in [0, 0.1) is 6.92 Å². The van der Waals surface area contributed by atoms with Crippen molar-refractivity contribution in [2.24, 2.45) is 5.14 Å². The fourth-order valence-electron chi connectivity index (χ4n) is 2.10. The van der Waals surface area contributed by atoms with Crippen LogP contribution in [0.5, 0.6) is 5.75 Å². The van der Waals surface area contributed by atoms with Crippen LogP contribution in [0.2, 0.25) is 0 Å². The molecule has 0 radical (unpaired) electrons. The highest BCUT2D eigenvalue weighted by molar-refractivity contribution is 7.89. The highest BCUT2D eigenvalue weighted by Crippen LogP contribution is 2.35. The Bertz CT molecular complexity index is 755. The van der Waals surface area contributed by atoms with Crippen LogP contribution < -0.4 is 15.6 Å². The van der Waals surface area contributed by atoms with Gasteiger partial charge in [-0.3, -0.25) is 0 Å². The molecule has 2 aromatic carbocycles. The van der Waals surface area contributed by atoms with Gasteiger partial charge in [-0.05, 0) is 36.2 Å². The topological polar surface area (TPSA) is 95.4 Å². The van der Waals surface area contributed by atoms with Gasteiger partial charge in [0.1, 0.15) is 10.6 Å². The minimum absolute atomic E-state index is 0.0614. The Hall–Kier alpha value is -2.05. The highest BCUT2D eigenvalue weighted by Gasteiger charge is 2.16. The maximum atomic E-state index is 11.4. The van der Waals surface area contributed by atoms with E-state index in [2.05, 4.69) is 0 Å². The van der Waals surface area contributed by atoms with Crippen molar-refractivity contribution in [1.29, 1.82) is 0 Å². The van der Waals surface area contributed by atoms with Gasteiger partial charge in [-0.15, -0.1) is 0 Å². The second kappa shape index (κ2) is 5.15. The molecule has 0 aliphatic rings. The standard InChI is InChI=1S/C14H16N2O3S/c1-9-7-14(20(16,17)18)12(15)8-11(9)10-5-3-4-6-13(10)19-2/h3-8H,15H2,1-2H3,(H2,16,17,18). The van der Waals surface area contributed by atoms with E-state index < -0.39 is 10.0 Å². The highest BCUT2D eigenvalue weighted by atomic mass is 32.2. The van der Waals surface area contributed by atoms with Crippen molar-refractivity contribution in [2.75, 3.05) is 12.8 Å². The average molecular weight is 292 g/mol. The number of para-hydroxylation sites is 1. The molecule has 5 nitrogen and oxygen atoms in total. The summed E-state index contributed by atoms with van der Waals surface area (Å²) in [4.78, 5) is -0.0614. The summed E-state index contributed by atoms with van der Waals surface area (Å²) >= 11 is 0. The molecule has 106 valence electrons.